The molecule has 2 heteroatoms. The highest BCUT2D eigenvalue weighted by atomic mass is 16.5. The summed E-state index contributed by atoms with van der Waals surface area (Å²) >= 11 is 0. The van der Waals surface area contributed by atoms with Gasteiger partial charge in [-0.2, -0.15) is 0 Å². The van der Waals surface area contributed by atoms with Gasteiger partial charge in [-0.1, -0.05) is 42.5 Å². The van der Waals surface area contributed by atoms with Gasteiger partial charge in [0.1, 0.15) is 5.75 Å². The lowest BCUT2D eigenvalue weighted by Crippen LogP contribution is -2.47. The summed E-state index contributed by atoms with van der Waals surface area (Å²) in [5.41, 5.74) is 10.6. The molecule has 104 valence electrons. The number of methoxy groups -OCH3 is 1. The van der Waals surface area contributed by atoms with Crippen LogP contribution in [0, 0.1) is 0 Å². The summed E-state index contributed by atoms with van der Waals surface area (Å²) < 4.78 is 5.45. The zero-order chi connectivity index (χ0) is 14.0. The van der Waals surface area contributed by atoms with Crippen molar-refractivity contribution in [3.05, 3.63) is 65.2 Å². The summed E-state index contributed by atoms with van der Waals surface area (Å²) in [6.45, 7) is 0. The van der Waals surface area contributed by atoms with Crippen LogP contribution in [0.15, 0.2) is 48.5 Å². The van der Waals surface area contributed by atoms with Crippen LogP contribution < -0.4 is 10.5 Å². The second-order valence-electron chi connectivity index (χ2n) is 5.80. The zero-order valence-electron chi connectivity index (χ0n) is 11.9. The summed E-state index contributed by atoms with van der Waals surface area (Å²) in [6, 6.07) is 16.8. The van der Waals surface area contributed by atoms with Gasteiger partial charge in [-0.15, -0.1) is 0 Å². The normalized spacial score (nSPS) is 21.3. The van der Waals surface area contributed by atoms with Gasteiger partial charge in [0, 0.05) is 5.54 Å². The van der Waals surface area contributed by atoms with E-state index in [1.54, 1.807) is 7.11 Å². The third-order valence-electron chi connectivity index (χ3n) is 4.29. The van der Waals surface area contributed by atoms with Crippen LogP contribution in [0.4, 0.5) is 0 Å². The van der Waals surface area contributed by atoms with Crippen molar-refractivity contribution in [3.8, 4) is 5.75 Å². The topological polar surface area (TPSA) is 35.2 Å². The van der Waals surface area contributed by atoms with E-state index in [-0.39, 0.29) is 5.54 Å². The van der Waals surface area contributed by atoms with Crippen LogP contribution in [-0.4, -0.2) is 12.6 Å². The van der Waals surface area contributed by atoms with E-state index in [9.17, 15) is 0 Å². The molecule has 0 fully saturated rings. The number of aryl methyl sites for hydroxylation is 1. The Balaban J connectivity index is 1.84. The Bertz CT molecular complexity index is 608. The fraction of sp³-hybridized carbons (Fsp3) is 0.333. The molecule has 1 atom stereocenters. The van der Waals surface area contributed by atoms with Crippen molar-refractivity contribution in [3.63, 3.8) is 0 Å². The van der Waals surface area contributed by atoms with Crippen LogP contribution in [0.25, 0.3) is 0 Å². The predicted octanol–water partition coefficient (Wildman–Crippen LogP) is 3.12. The molecule has 2 nitrogen and oxygen atoms in total. The Hall–Kier alpha value is -1.80. The molecule has 20 heavy (non-hydrogen) atoms. The van der Waals surface area contributed by atoms with Gasteiger partial charge in [0.2, 0.25) is 0 Å². The van der Waals surface area contributed by atoms with Crippen molar-refractivity contribution in [2.45, 2.75) is 31.2 Å². The van der Waals surface area contributed by atoms with Gasteiger partial charge in [0.25, 0.3) is 0 Å². The summed E-state index contributed by atoms with van der Waals surface area (Å²) in [7, 11) is 1.72. The minimum atomic E-state index is -0.164. The fourth-order valence-electron chi connectivity index (χ4n) is 3.20. The van der Waals surface area contributed by atoms with Crippen molar-refractivity contribution in [2.75, 3.05) is 7.11 Å². The van der Waals surface area contributed by atoms with E-state index in [0.29, 0.717) is 0 Å². The van der Waals surface area contributed by atoms with E-state index in [1.165, 1.54) is 16.7 Å². The molecule has 3 rings (SSSR count). The minimum absolute atomic E-state index is 0.164. The molecular formula is C18H21NO. The first kappa shape index (κ1) is 13.2. The lowest BCUT2D eigenvalue weighted by molar-refractivity contribution is 0.356. The largest absolute Gasteiger partial charge is 0.496 e. The smallest absolute Gasteiger partial charge is 0.122 e. The third kappa shape index (κ3) is 2.56. The van der Waals surface area contributed by atoms with Gasteiger partial charge < -0.3 is 10.5 Å². The second kappa shape index (κ2) is 5.29. The third-order valence-corrected chi connectivity index (χ3v) is 4.29. The molecular weight excluding hydrogens is 246 g/mol. The number of hydrogen-bond acceptors (Lipinski definition) is 2. The van der Waals surface area contributed by atoms with E-state index in [0.717, 1.165) is 31.4 Å². The van der Waals surface area contributed by atoms with Gasteiger partial charge in [0.05, 0.1) is 7.11 Å². The number of nitrogens with two attached hydrogens (primary N) is 1. The fourth-order valence-corrected chi connectivity index (χ4v) is 3.20. The highest BCUT2D eigenvalue weighted by molar-refractivity contribution is 5.37. The summed E-state index contributed by atoms with van der Waals surface area (Å²) in [5, 5.41) is 0. The summed E-state index contributed by atoms with van der Waals surface area (Å²) in [5.74, 6) is 0.941. The van der Waals surface area contributed by atoms with Gasteiger partial charge >= 0.3 is 0 Å². The molecule has 2 aromatic carbocycles. The Morgan fingerprint density at radius 2 is 1.75 bits per heavy atom. The first-order chi connectivity index (χ1) is 9.70. The molecule has 1 unspecified atom stereocenters. The molecule has 0 heterocycles. The number of hydrogen-bond donors (Lipinski definition) is 1. The first-order valence-corrected chi connectivity index (χ1v) is 7.18. The maximum Gasteiger partial charge on any atom is 0.122 e. The Kier molecular flexibility index (Phi) is 3.49. The maximum absolute atomic E-state index is 6.67. The van der Waals surface area contributed by atoms with E-state index in [2.05, 4.69) is 36.4 Å². The molecule has 0 bridgehead atoms. The molecule has 0 aliphatic heterocycles. The van der Waals surface area contributed by atoms with Crippen molar-refractivity contribution in [2.24, 2.45) is 5.73 Å². The zero-order valence-corrected chi connectivity index (χ0v) is 11.9. The van der Waals surface area contributed by atoms with Crippen molar-refractivity contribution in [1.82, 2.24) is 0 Å². The number of rotatable bonds is 3. The average Bonchev–Trinajstić information content (AvgIpc) is 2.47. The summed E-state index contributed by atoms with van der Waals surface area (Å²) in [6.07, 6.45) is 3.91. The number of ether oxygens (including phenoxy) is 1. The second-order valence-corrected chi connectivity index (χ2v) is 5.80. The van der Waals surface area contributed by atoms with Gasteiger partial charge in [-0.3, -0.25) is 0 Å². The maximum atomic E-state index is 6.67. The molecule has 0 radical (unpaired) electrons. The lowest BCUT2D eigenvalue weighted by atomic mass is 9.75. The average molecular weight is 267 g/mol. The van der Waals surface area contributed by atoms with E-state index in [4.69, 9.17) is 10.5 Å². The van der Waals surface area contributed by atoms with E-state index < -0.39 is 0 Å². The van der Waals surface area contributed by atoms with Crippen LogP contribution in [-0.2, 0) is 19.3 Å². The van der Waals surface area contributed by atoms with Crippen molar-refractivity contribution in [1.29, 1.82) is 0 Å². The standard InChI is InChI=1S/C18H21NO/c1-20-17-9-5-4-8-16(17)13-18(19)11-10-14-6-2-3-7-15(14)12-18/h2-9H,10-13,19H2,1H3. The predicted molar refractivity (Wildman–Crippen MR) is 82.1 cm³/mol. The molecule has 2 aromatic rings. The van der Waals surface area contributed by atoms with Crippen LogP contribution in [0.5, 0.6) is 5.75 Å². The minimum Gasteiger partial charge on any atom is -0.496 e. The van der Waals surface area contributed by atoms with E-state index >= 15 is 0 Å². The Morgan fingerprint density at radius 1 is 1.05 bits per heavy atom. The van der Waals surface area contributed by atoms with Crippen molar-refractivity contribution >= 4 is 0 Å². The number of benzene rings is 2. The molecule has 1 aliphatic rings. The molecule has 2 N–H and O–H groups in total. The number of para-hydroxylation sites is 1. The first-order valence-electron chi connectivity index (χ1n) is 7.18. The number of fused-ring (bicyclic) bond motifs is 1. The van der Waals surface area contributed by atoms with Gasteiger partial charge in [-0.05, 0) is 48.4 Å². The van der Waals surface area contributed by atoms with Crippen LogP contribution in [0.3, 0.4) is 0 Å². The summed E-state index contributed by atoms with van der Waals surface area (Å²) in [4.78, 5) is 0. The van der Waals surface area contributed by atoms with E-state index in [1.807, 2.05) is 12.1 Å². The molecule has 0 aromatic heterocycles. The molecule has 0 saturated heterocycles. The van der Waals surface area contributed by atoms with Crippen LogP contribution in [0.1, 0.15) is 23.1 Å². The SMILES string of the molecule is COc1ccccc1CC1(N)CCc2ccccc2C1. The molecule has 0 amide bonds. The van der Waals surface area contributed by atoms with Gasteiger partial charge in [-0.25, -0.2) is 0 Å². The van der Waals surface area contributed by atoms with Crippen LogP contribution >= 0.6 is 0 Å². The Labute approximate surface area is 120 Å². The lowest BCUT2D eigenvalue weighted by Gasteiger charge is -2.35. The molecule has 0 spiro atoms. The quantitative estimate of drug-likeness (QED) is 0.927. The van der Waals surface area contributed by atoms with Crippen molar-refractivity contribution < 1.29 is 4.74 Å². The highest BCUT2D eigenvalue weighted by Gasteiger charge is 2.31. The Morgan fingerprint density at radius 3 is 2.55 bits per heavy atom. The molecule has 1 aliphatic carbocycles. The molecule has 0 saturated carbocycles. The monoisotopic (exact) mass is 267 g/mol. The van der Waals surface area contributed by atoms with Gasteiger partial charge in [0.15, 0.2) is 0 Å². The van der Waals surface area contributed by atoms with Crippen LogP contribution in [0.2, 0.25) is 0 Å². The highest BCUT2D eigenvalue weighted by Crippen LogP contribution is 2.31.